The molecule has 2 aromatic rings. The molecule has 1 unspecified atom stereocenters. The Balaban J connectivity index is 1.80. The van der Waals surface area contributed by atoms with Gasteiger partial charge in [0, 0.05) is 30.5 Å². The Morgan fingerprint density at radius 3 is 3.20 bits per heavy atom. The number of nitrogens with zero attached hydrogens (tertiary/aromatic N) is 1. The van der Waals surface area contributed by atoms with Crippen LogP contribution in [-0.4, -0.2) is 18.1 Å². The number of aromatic nitrogens is 1. The van der Waals surface area contributed by atoms with Crippen LogP contribution in [0.15, 0.2) is 29.8 Å². The van der Waals surface area contributed by atoms with Crippen LogP contribution in [0.3, 0.4) is 0 Å². The normalized spacial score (nSPS) is 14.8. The molecule has 1 aromatic heterocycles. The van der Waals surface area contributed by atoms with E-state index < -0.39 is 0 Å². The molecule has 4 heteroatoms. The Labute approximate surface area is 124 Å². The fourth-order valence-electron chi connectivity index (χ4n) is 2.58. The van der Waals surface area contributed by atoms with Crippen LogP contribution >= 0.6 is 11.3 Å². The number of fused-ring (bicyclic) bond motifs is 1. The van der Waals surface area contributed by atoms with Crippen molar-refractivity contribution in [2.75, 3.05) is 13.2 Å². The van der Waals surface area contributed by atoms with Gasteiger partial charge >= 0.3 is 0 Å². The summed E-state index contributed by atoms with van der Waals surface area (Å²) in [5.74, 6) is 1.05. The number of benzene rings is 1. The molecule has 3 rings (SSSR count). The van der Waals surface area contributed by atoms with E-state index in [-0.39, 0.29) is 0 Å². The molecular formula is C16H20N2OS. The first-order valence-electron chi connectivity index (χ1n) is 7.24. The van der Waals surface area contributed by atoms with E-state index in [9.17, 15) is 0 Å². The van der Waals surface area contributed by atoms with Gasteiger partial charge in [-0.3, -0.25) is 0 Å². The molecule has 106 valence electrons. The minimum Gasteiger partial charge on any atom is -0.493 e. The average Bonchev–Trinajstić information content (AvgIpc) is 3.13. The summed E-state index contributed by atoms with van der Waals surface area (Å²) in [5.41, 5.74) is 2.68. The van der Waals surface area contributed by atoms with E-state index in [0.717, 1.165) is 38.2 Å². The summed E-state index contributed by atoms with van der Waals surface area (Å²) < 4.78 is 5.59. The molecule has 0 aliphatic carbocycles. The minimum atomic E-state index is 0.340. The van der Waals surface area contributed by atoms with E-state index in [2.05, 4.69) is 35.4 Å². The van der Waals surface area contributed by atoms with E-state index in [1.54, 1.807) is 11.3 Å². The van der Waals surface area contributed by atoms with E-state index in [0.29, 0.717) is 6.04 Å². The van der Waals surface area contributed by atoms with Crippen molar-refractivity contribution in [2.45, 2.75) is 32.2 Å². The maximum atomic E-state index is 5.59. The Hall–Kier alpha value is -1.39. The average molecular weight is 288 g/mol. The highest BCUT2D eigenvalue weighted by molar-refractivity contribution is 7.09. The molecule has 1 N–H and O–H groups in total. The third-order valence-corrected chi connectivity index (χ3v) is 4.42. The molecular weight excluding hydrogens is 268 g/mol. The second kappa shape index (κ2) is 6.37. The molecule has 0 saturated carbocycles. The van der Waals surface area contributed by atoms with Crippen LogP contribution in [0.25, 0.3) is 0 Å². The minimum absolute atomic E-state index is 0.340. The highest BCUT2D eigenvalue weighted by Crippen LogP contribution is 2.29. The molecule has 1 atom stereocenters. The molecule has 2 heterocycles. The van der Waals surface area contributed by atoms with Crippen LogP contribution in [0.1, 0.15) is 35.5 Å². The maximum absolute atomic E-state index is 5.59. The van der Waals surface area contributed by atoms with Gasteiger partial charge in [0.1, 0.15) is 5.75 Å². The van der Waals surface area contributed by atoms with E-state index in [1.165, 1.54) is 16.1 Å². The molecule has 3 nitrogen and oxygen atoms in total. The van der Waals surface area contributed by atoms with Gasteiger partial charge in [-0.1, -0.05) is 19.1 Å². The zero-order chi connectivity index (χ0) is 13.8. The molecule has 0 saturated heterocycles. The molecule has 0 radical (unpaired) electrons. The van der Waals surface area contributed by atoms with Crippen molar-refractivity contribution in [3.63, 3.8) is 0 Å². The van der Waals surface area contributed by atoms with Gasteiger partial charge in [-0.05, 0) is 30.2 Å². The standard InChI is InChI=1S/C16H20N2OS/c1-2-6-17-14(11-16-18-7-9-20-16)12-3-4-15-13(10-12)5-8-19-15/h3-4,7,9-10,14,17H,2,5-6,8,11H2,1H3. The summed E-state index contributed by atoms with van der Waals surface area (Å²) in [4.78, 5) is 4.42. The number of rotatable bonds is 6. The van der Waals surface area contributed by atoms with Gasteiger partial charge in [0.15, 0.2) is 0 Å². The summed E-state index contributed by atoms with van der Waals surface area (Å²) in [6, 6.07) is 6.93. The van der Waals surface area contributed by atoms with E-state index in [4.69, 9.17) is 4.74 Å². The monoisotopic (exact) mass is 288 g/mol. The molecule has 1 aliphatic heterocycles. The first-order valence-corrected chi connectivity index (χ1v) is 8.12. The third kappa shape index (κ3) is 3.02. The zero-order valence-corrected chi connectivity index (χ0v) is 12.6. The number of nitrogens with one attached hydrogen (secondary N) is 1. The van der Waals surface area contributed by atoms with Crippen LogP contribution < -0.4 is 10.1 Å². The molecule has 0 amide bonds. The fraction of sp³-hybridized carbons (Fsp3) is 0.438. The van der Waals surface area contributed by atoms with Crippen LogP contribution in [0.5, 0.6) is 5.75 Å². The van der Waals surface area contributed by atoms with Crippen molar-refractivity contribution in [3.05, 3.63) is 45.9 Å². The summed E-state index contributed by atoms with van der Waals surface area (Å²) in [7, 11) is 0. The third-order valence-electron chi connectivity index (χ3n) is 3.62. The van der Waals surface area contributed by atoms with Crippen LogP contribution in [0.2, 0.25) is 0 Å². The highest BCUT2D eigenvalue weighted by atomic mass is 32.1. The largest absolute Gasteiger partial charge is 0.493 e. The summed E-state index contributed by atoms with van der Waals surface area (Å²) in [6.07, 6.45) is 5.01. The second-order valence-electron chi connectivity index (χ2n) is 5.10. The van der Waals surface area contributed by atoms with Gasteiger partial charge in [0.2, 0.25) is 0 Å². The zero-order valence-electron chi connectivity index (χ0n) is 11.8. The van der Waals surface area contributed by atoms with E-state index >= 15 is 0 Å². The van der Waals surface area contributed by atoms with Crippen molar-refractivity contribution in [2.24, 2.45) is 0 Å². The summed E-state index contributed by atoms with van der Waals surface area (Å²) >= 11 is 1.73. The van der Waals surface area contributed by atoms with Crippen molar-refractivity contribution in [1.82, 2.24) is 10.3 Å². The number of hydrogen-bond donors (Lipinski definition) is 1. The quantitative estimate of drug-likeness (QED) is 0.885. The molecule has 0 bridgehead atoms. The lowest BCUT2D eigenvalue weighted by Crippen LogP contribution is -2.24. The van der Waals surface area contributed by atoms with Crippen LogP contribution in [0.4, 0.5) is 0 Å². The Bertz CT molecular complexity index is 554. The number of thiazole rings is 1. The van der Waals surface area contributed by atoms with Gasteiger partial charge in [0.05, 0.1) is 11.6 Å². The highest BCUT2D eigenvalue weighted by Gasteiger charge is 2.17. The summed E-state index contributed by atoms with van der Waals surface area (Å²) in [5, 5.41) is 6.88. The number of ether oxygens (including phenoxy) is 1. The van der Waals surface area contributed by atoms with Crippen molar-refractivity contribution < 1.29 is 4.74 Å². The Morgan fingerprint density at radius 1 is 1.45 bits per heavy atom. The Morgan fingerprint density at radius 2 is 2.40 bits per heavy atom. The summed E-state index contributed by atoms with van der Waals surface area (Å²) in [6.45, 7) is 4.05. The topological polar surface area (TPSA) is 34.2 Å². The van der Waals surface area contributed by atoms with Crippen molar-refractivity contribution in [3.8, 4) is 5.75 Å². The predicted molar refractivity (Wildman–Crippen MR) is 82.5 cm³/mol. The van der Waals surface area contributed by atoms with Crippen LogP contribution in [-0.2, 0) is 12.8 Å². The first kappa shape index (κ1) is 13.6. The van der Waals surface area contributed by atoms with Gasteiger partial charge < -0.3 is 10.1 Å². The van der Waals surface area contributed by atoms with Gasteiger partial charge in [-0.15, -0.1) is 11.3 Å². The fourth-order valence-corrected chi connectivity index (χ4v) is 3.24. The van der Waals surface area contributed by atoms with Gasteiger partial charge in [-0.25, -0.2) is 4.98 Å². The van der Waals surface area contributed by atoms with Crippen LogP contribution in [0, 0.1) is 0 Å². The Kier molecular flexibility index (Phi) is 4.33. The molecule has 20 heavy (non-hydrogen) atoms. The lowest BCUT2D eigenvalue weighted by molar-refractivity contribution is 0.356. The lowest BCUT2D eigenvalue weighted by Gasteiger charge is -2.18. The molecule has 0 fully saturated rings. The molecule has 0 spiro atoms. The van der Waals surface area contributed by atoms with Crippen molar-refractivity contribution >= 4 is 11.3 Å². The smallest absolute Gasteiger partial charge is 0.122 e. The van der Waals surface area contributed by atoms with E-state index in [1.807, 2.05) is 11.6 Å². The maximum Gasteiger partial charge on any atom is 0.122 e. The van der Waals surface area contributed by atoms with Gasteiger partial charge in [-0.2, -0.15) is 0 Å². The van der Waals surface area contributed by atoms with Gasteiger partial charge in [0.25, 0.3) is 0 Å². The van der Waals surface area contributed by atoms with Crippen molar-refractivity contribution in [1.29, 1.82) is 0 Å². The lowest BCUT2D eigenvalue weighted by atomic mass is 10.00. The molecule has 1 aliphatic rings. The predicted octanol–water partition coefficient (Wildman–Crippen LogP) is 3.36. The SMILES string of the molecule is CCCNC(Cc1nccs1)c1ccc2c(c1)CCO2. The second-order valence-corrected chi connectivity index (χ2v) is 6.08. The first-order chi connectivity index (χ1) is 9.86. The number of hydrogen-bond acceptors (Lipinski definition) is 4. The molecule has 1 aromatic carbocycles.